The van der Waals surface area contributed by atoms with E-state index in [-0.39, 0.29) is 35.2 Å². The van der Waals surface area contributed by atoms with E-state index >= 15 is 0 Å². The zero-order valence-electron chi connectivity index (χ0n) is 15.8. The smallest absolute Gasteiger partial charge is 0.289 e. The molecule has 6 nitrogen and oxygen atoms in total. The van der Waals surface area contributed by atoms with Gasteiger partial charge in [-0.2, -0.15) is 0 Å². The summed E-state index contributed by atoms with van der Waals surface area (Å²) in [6.07, 6.45) is 0. The number of nitrogens with one attached hydrogen (secondary N) is 1. The van der Waals surface area contributed by atoms with Crippen LogP contribution in [0.2, 0.25) is 0 Å². The standard InChI is InChI=1S/C21H16FN3O3S2/c1-12-18(30-20(23-12)14-4-6-15(22)7-5-14)19(27)24-16-8-2-13(3-9-16)10-25-17(26)11-29-21(25)28/h2-9H,10-11H2,1H3,(H,24,27). The van der Waals surface area contributed by atoms with E-state index in [1.807, 2.05) is 0 Å². The van der Waals surface area contributed by atoms with E-state index in [2.05, 4.69) is 10.3 Å². The fourth-order valence-electron chi connectivity index (χ4n) is 2.92. The predicted molar refractivity (Wildman–Crippen MR) is 115 cm³/mol. The number of imide groups is 1. The third kappa shape index (κ3) is 4.27. The summed E-state index contributed by atoms with van der Waals surface area (Å²) in [5, 5.41) is 3.23. The van der Waals surface area contributed by atoms with Gasteiger partial charge in [0.05, 0.1) is 18.0 Å². The summed E-state index contributed by atoms with van der Waals surface area (Å²) in [5.41, 5.74) is 2.73. The number of benzene rings is 2. The normalized spacial score (nSPS) is 13.7. The molecule has 3 aromatic rings. The number of carbonyl (C=O) groups excluding carboxylic acids is 3. The van der Waals surface area contributed by atoms with Gasteiger partial charge >= 0.3 is 0 Å². The molecule has 1 aromatic heterocycles. The fourth-order valence-corrected chi connectivity index (χ4v) is 4.61. The van der Waals surface area contributed by atoms with Crippen LogP contribution in [0.3, 0.4) is 0 Å². The number of aryl methyl sites for hydroxylation is 1. The molecule has 9 heteroatoms. The second-order valence-electron chi connectivity index (χ2n) is 6.63. The molecule has 1 aliphatic rings. The van der Waals surface area contributed by atoms with Crippen molar-refractivity contribution in [3.63, 3.8) is 0 Å². The Hall–Kier alpha value is -3.04. The average Bonchev–Trinajstić information content (AvgIpc) is 3.27. The zero-order valence-corrected chi connectivity index (χ0v) is 17.5. The molecule has 1 N–H and O–H groups in total. The van der Waals surface area contributed by atoms with Crippen LogP contribution in [0, 0.1) is 12.7 Å². The van der Waals surface area contributed by atoms with Crippen LogP contribution in [-0.2, 0) is 11.3 Å². The number of halogens is 1. The number of amides is 3. The van der Waals surface area contributed by atoms with Gasteiger partial charge in [-0.25, -0.2) is 9.37 Å². The van der Waals surface area contributed by atoms with Crippen LogP contribution in [0.5, 0.6) is 0 Å². The monoisotopic (exact) mass is 441 g/mol. The van der Waals surface area contributed by atoms with Crippen molar-refractivity contribution in [2.24, 2.45) is 0 Å². The number of thioether (sulfide) groups is 1. The molecule has 2 heterocycles. The summed E-state index contributed by atoms with van der Waals surface area (Å²) >= 11 is 2.24. The highest BCUT2D eigenvalue weighted by atomic mass is 32.2. The molecule has 1 aliphatic heterocycles. The maximum Gasteiger partial charge on any atom is 0.289 e. The topological polar surface area (TPSA) is 79.4 Å². The van der Waals surface area contributed by atoms with Gasteiger partial charge in [-0.05, 0) is 48.9 Å². The molecule has 30 heavy (non-hydrogen) atoms. The van der Waals surface area contributed by atoms with Crippen LogP contribution >= 0.6 is 23.1 Å². The summed E-state index contributed by atoms with van der Waals surface area (Å²) in [6.45, 7) is 1.97. The Morgan fingerprint density at radius 1 is 1.13 bits per heavy atom. The highest BCUT2D eigenvalue weighted by Gasteiger charge is 2.29. The van der Waals surface area contributed by atoms with Crippen molar-refractivity contribution in [1.29, 1.82) is 0 Å². The molecule has 152 valence electrons. The lowest BCUT2D eigenvalue weighted by atomic mass is 10.2. The lowest BCUT2D eigenvalue weighted by Crippen LogP contribution is -2.27. The van der Waals surface area contributed by atoms with E-state index in [4.69, 9.17) is 0 Å². The second-order valence-corrected chi connectivity index (χ2v) is 8.55. The van der Waals surface area contributed by atoms with Gasteiger partial charge < -0.3 is 5.32 Å². The predicted octanol–water partition coefficient (Wildman–Crippen LogP) is 4.71. The van der Waals surface area contributed by atoms with Gasteiger partial charge in [0.1, 0.15) is 15.7 Å². The molecule has 0 radical (unpaired) electrons. The van der Waals surface area contributed by atoms with E-state index in [9.17, 15) is 18.8 Å². The Morgan fingerprint density at radius 2 is 1.83 bits per heavy atom. The Bertz CT molecular complexity index is 1110. The van der Waals surface area contributed by atoms with Crippen LogP contribution < -0.4 is 5.32 Å². The van der Waals surface area contributed by atoms with E-state index in [0.29, 0.717) is 21.3 Å². The Labute approximate surface area is 180 Å². The fraction of sp³-hybridized carbons (Fsp3) is 0.143. The van der Waals surface area contributed by atoms with Crippen molar-refractivity contribution in [2.45, 2.75) is 13.5 Å². The van der Waals surface area contributed by atoms with E-state index in [0.717, 1.165) is 22.9 Å². The second kappa shape index (κ2) is 8.37. The molecule has 0 saturated carbocycles. The van der Waals surface area contributed by atoms with E-state index in [1.54, 1.807) is 43.3 Å². The number of thiazole rings is 1. The summed E-state index contributed by atoms with van der Waals surface area (Å²) in [6, 6.07) is 13.0. The van der Waals surface area contributed by atoms with Gasteiger partial charge in [-0.3, -0.25) is 19.3 Å². The van der Waals surface area contributed by atoms with Crippen molar-refractivity contribution in [2.75, 3.05) is 11.1 Å². The number of aromatic nitrogens is 1. The highest BCUT2D eigenvalue weighted by Crippen LogP contribution is 2.29. The lowest BCUT2D eigenvalue weighted by Gasteiger charge is -2.13. The first-order chi connectivity index (χ1) is 14.4. The molecular weight excluding hydrogens is 425 g/mol. The molecule has 2 aromatic carbocycles. The van der Waals surface area contributed by atoms with Gasteiger partial charge in [-0.15, -0.1) is 11.3 Å². The summed E-state index contributed by atoms with van der Waals surface area (Å²) in [7, 11) is 0. The van der Waals surface area contributed by atoms with Crippen molar-refractivity contribution in [1.82, 2.24) is 9.88 Å². The molecule has 0 bridgehead atoms. The SMILES string of the molecule is Cc1nc(-c2ccc(F)cc2)sc1C(=O)Nc1ccc(CN2C(=O)CSC2=O)cc1. The molecule has 1 fully saturated rings. The van der Waals surface area contributed by atoms with Gasteiger partial charge in [0.25, 0.3) is 11.1 Å². The van der Waals surface area contributed by atoms with E-state index in [1.165, 1.54) is 28.4 Å². The van der Waals surface area contributed by atoms with Crippen LogP contribution in [0.25, 0.3) is 10.6 Å². The molecule has 3 amide bonds. The first kappa shape index (κ1) is 20.2. The molecule has 0 aliphatic carbocycles. The number of carbonyl (C=O) groups is 3. The number of anilines is 1. The van der Waals surface area contributed by atoms with Crippen LogP contribution in [0.4, 0.5) is 14.9 Å². The average molecular weight is 442 g/mol. The number of rotatable bonds is 5. The number of nitrogens with zero attached hydrogens (tertiary/aromatic N) is 2. The molecule has 4 rings (SSSR count). The number of hydrogen-bond donors (Lipinski definition) is 1. The number of hydrogen-bond acceptors (Lipinski definition) is 6. The van der Waals surface area contributed by atoms with Gasteiger partial charge in [0, 0.05) is 11.3 Å². The summed E-state index contributed by atoms with van der Waals surface area (Å²) in [5.74, 6) is -0.626. The largest absolute Gasteiger partial charge is 0.321 e. The van der Waals surface area contributed by atoms with Crippen LogP contribution in [-0.4, -0.2) is 32.7 Å². The minimum absolute atomic E-state index is 0.182. The van der Waals surface area contributed by atoms with E-state index < -0.39 is 0 Å². The third-order valence-electron chi connectivity index (χ3n) is 4.49. The molecule has 0 unspecified atom stereocenters. The summed E-state index contributed by atoms with van der Waals surface area (Å²) in [4.78, 5) is 42.2. The molecule has 1 saturated heterocycles. The van der Waals surface area contributed by atoms with Crippen LogP contribution in [0.1, 0.15) is 20.9 Å². The first-order valence-corrected chi connectivity index (χ1v) is 10.8. The maximum absolute atomic E-state index is 13.1. The molecular formula is C21H16FN3O3S2. The Balaban J connectivity index is 1.44. The lowest BCUT2D eigenvalue weighted by molar-refractivity contribution is -0.125. The van der Waals surface area contributed by atoms with Crippen LogP contribution in [0.15, 0.2) is 48.5 Å². The van der Waals surface area contributed by atoms with Gasteiger partial charge in [0.2, 0.25) is 5.91 Å². The van der Waals surface area contributed by atoms with Crippen molar-refractivity contribution in [3.05, 3.63) is 70.5 Å². The third-order valence-corrected chi connectivity index (χ3v) is 6.55. The first-order valence-electron chi connectivity index (χ1n) is 9.01. The Morgan fingerprint density at radius 3 is 2.47 bits per heavy atom. The Kier molecular flexibility index (Phi) is 5.65. The quantitative estimate of drug-likeness (QED) is 0.621. The summed E-state index contributed by atoms with van der Waals surface area (Å²) < 4.78 is 13.1. The van der Waals surface area contributed by atoms with Gasteiger partial charge in [-0.1, -0.05) is 23.9 Å². The minimum Gasteiger partial charge on any atom is -0.321 e. The van der Waals surface area contributed by atoms with Crippen molar-refractivity contribution >= 4 is 45.8 Å². The zero-order chi connectivity index (χ0) is 21.3. The highest BCUT2D eigenvalue weighted by molar-refractivity contribution is 8.14. The minimum atomic E-state index is -0.328. The molecule has 0 atom stereocenters. The maximum atomic E-state index is 13.1. The van der Waals surface area contributed by atoms with Gasteiger partial charge in [0.15, 0.2) is 0 Å². The van der Waals surface area contributed by atoms with Crippen molar-refractivity contribution in [3.8, 4) is 10.6 Å². The van der Waals surface area contributed by atoms with Crippen molar-refractivity contribution < 1.29 is 18.8 Å². The molecule has 0 spiro atoms.